The smallest absolute Gasteiger partial charge is 0.265 e. The summed E-state index contributed by atoms with van der Waals surface area (Å²) in [5, 5.41) is 7.16. The van der Waals surface area contributed by atoms with Gasteiger partial charge in [0, 0.05) is 18.1 Å². The third-order valence-corrected chi connectivity index (χ3v) is 5.26. The van der Waals surface area contributed by atoms with E-state index in [1.807, 2.05) is 43.0 Å². The minimum absolute atomic E-state index is 0.122. The van der Waals surface area contributed by atoms with Crippen LogP contribution < -0.4 is 14.8 Å². The number of carbonyl (C=O) groups is 1. The maximum absolute atomic E-state index is 12.3. The van der Waals surface area contributed by atoms with Gasteiger partial charge >= 0.3 is 0 Å². The van der Waals surface area contributed by atoms with Gasteiger partial charge in [-0.1, -0.05) is 12.1 Å². The predicted octanol–water partition coefficient (Wildman–Crippen LogP) is 3.33. The van der Waals surface area contributed by atoms with Crippen LogP contribution in [0, 0.1) is 0 Å². The van der Waals surface area contributed by atoms with E-state index in [-0.39, 0.29) is 12.0 Å². The van der Waals surface area contributed by atoms with E-state index < -0.39 is 6.10 Å². The average Bonchev–Trinajstić information content (AvgIpc) is 3.07. The summed E-state index contributed by atoms with van der Waals surface area (Å²) < 4.78 is 11.5. The fourth-order valence-electron chi connectivity index (χ4n) is 2.32. The first-order valence-electron chi connectivity index (χ1n) is 7.53. The van der Waals surface area contributed by atoms with E-state index in [0.29, 0.717) is 18.0 Å². The Morgan fingerprint density at radius 1 is 1.26 bits per heavy atom. The van der Waals surface area contributed by atoms with Crippen LogP contribution in [0.3, 0.4) is 0 Å². The van der Waals surface area contributed by atoms with Crippen molar-refractivity contribution in [3.63, 3.8) is 0 Å². The molecule has 2 aromatic rings. The van der Waals surface area contributed by atoms with Crippen molar-refractivity contribution in [2.75, 3.05) is 12.3 Å². The second-order valence-corrected chi connectivity index (χ2v) is 7.17. The highest BCUT2D eigenvalue weighted by Crippen LogP contribution is 2.33. The molecule has 0 saturated heterocycles. The van der Waals surface area contributed by atoms with Gasteiger partial charge in [0.15, 0.2) is 11.5 Å². The van der Waals surface area contributed by atoms with Crippen LogP contribution in [-0.2, 0) is 10.5 Å². The lowest BCUT2D eigenvalue weighted by atomic mass is 10.1. The molecule has 0 aliphatic carbocycles. The summed E-state index contributed by atoms with van der Waals surface area (Å²) in [7, 11) is 0. The zero-order valence-corrected chi connectivity index (χ0v) is 14.5. The number of thiophene rings is 1. The van der Waals surface area contributed by atoms with Gasteiger partial charge in [-0.05, 0) is 41.4 Å². The molecule has 1 aliphatic rings. The van der Waals surface area contributed by atoms with Gasteiger partial charge in [0.1, 0.15) is 6.10 Å². The van der Waals surface area contributed by atoms with E-state index in [9.17, 15) is 4.79 Å². The maximum Gasteiger partial charge on any atom is 0.265 e. The summed E-state index contributed by atoms with van der Waals surface area (Å²) in [4.78, 5) is 12.3. The van der Waals surface area contributed by atoms with Gasteiger partial charge in [-0.15, -0.1) is 0 Å². The van der Waals surface area contributed by atoms with Crippen LogP contribution in [0.25, 0.3) is 0 Å². The zero-order chi connectivity index (χ0) is 16.1. The van der Waals surface area contributed by atoms with Crippen molar-refractivity contribution < 1.29 is 14.3 Å². The summed E-state index contributed by atoms with van der Waals surface area (Å²) in [6.45, 7) is 2.48. The average molecular weight is 349 g/mol. The van der Waals surface area contributed by atoms with Gasteiger partial charge in [-0.2, -0.15) is 23.1 Å². The minimum Gasteiger partial charge on any atom is -0.482 e. The van der Waals surface area contributed by atoms with Crippen LogP contribution in [0.5, 0.6) is 11.5 Å². The Morgan fingerprint density at radius 3 is 2.78 bits per heavy atom. The number of fused-ring (bicyclic) bond motifs is 1. The Morgan fingerprint density at radius 2 is 2.04 bits per heavy atom. The van der Waals surface area contributed by atoms with E-state index in [2.05, 4.69) is 22.1 Å². The number of thioether (sulfide) groups is 1. The van der Waals surface area contributed by atoms with E-state index in [0.717, 1.165) is 11.5 Å². The number of hydrogen-bond donors (Lipinski definition) is 1. The van der Waals surface area contributed by atoms with Gasteiger partial charge in [0.05, 0.1) is 0 Å². The zero-order valence-electron chi connectivity index (χ0n) is 12.9. The van der Waals surface area contributed by atoms with Crippen LogP contribution in [0.4, 0.5) is 0 Å². The first-order valence-corrected chi connectivity index (χ1v) is 9.62. The highest BCUT2D eigenvalue weighted by Gasteiger charge is 2.33. The molecule has 3 rings (SSSR count). The van der Waals surface area contributed by atoms with Crippen molar-refractivity contribution in [1.29, 1.82) is 0 Å². The van der Waals surface area contributed by atoms with Crippen molar-refractivity contribution in [2.45, 2.75) is 24.9 Å². The molecule has 2 atom stereocenters. The predicted molar refractivity (Wildman–Crippen MR) is 94.4 cm³/mol. The van der Waals surface area contributed by atoms with Crippen LogP contribution in [0.2, 0.25) is 0 Å². The summed E-state index contributed by atoms with van der Waals surface area (Å²) >= 11 is 3.52. The molecule has 1 aromatic carbocycles. The van der Waals surface area contributed by atoms with Crippen molar-refractivity contribution >= 4 is 29.0 Å². The summed E-state index contributed by atoms with van der Waals surface area (Å²) in [6, 6.07) is 9.55. The number of benzene rings is 1. The Labute approximate surface area is 144 Å². The number of para-hydroxylation sites is 2. The molecular weight excluding hydrogens is 330 g/mol. The first kappa shape index (κ1) is 16.2. The molecule has 1 aliphatic heterocycles. The molecule has 0 spiro atoms. The highest BCUT2D eigenvalue weighted by molar-refractivity contribution is 7.98. The SMILES string of the molecule is C[C@@H]1Oc2ccccc2O[C@@H]1C(=O)NCCSCc1ccsc1. The molecule has 122 valence electrons. The second kappa shape index (κ2) is 7.75. The van der Waals surface area contributed by atoms with E-state index >= 15 is 0 Å². The Bertz CT molecular complexity index is 645. The van der Waals surface area contributed by atoms with Crippen LogP contribution in [-0.4, -0.2) is 30.4 Å². The topological polar surface area (TPSA) is 47.6 Å². The Hall–Kier alpha value is -1.66. The van der Waals surface area contributed by atoms with Crippen LogP contribution in [0.1, 0.15) is 12.5 Å². The Kier molecular flexibility index (Phi) is 5.46. The van der Waals surface area contributed by atoms with Crippen molar-refractivity contribution in [1.82, 2.24) is 5.32 Å². The molecule has 23 heavy (non-hydrogen) atoms. The molecule has 0 radical (unpaired) electrons. The quantitative estimate of drug-likeness (QED) is 0.813. The number of hydrogen-bond acceptors (Lipinski definition) is 5. The molecule has 1 N–H and O–H groups in total. The first-order chi connectivity index (χ1) is 11.2. The van der Waals surface area contributed by atoms with Crippen molar-refractivity contribution in [3.8, 4) is 11.5 Å². The molecule has 1 aromatic heterocycles. The molecular formula is C17H19NO3S2. The minimum atomic E-state index is -0.605. The van der Waals surface area contributed by atoms with E-state index in [1.54, 1.807) is 11.3 Å². The Balaban J connectivity index is 1.43. The molecule has 0 unspecified atom stereocenters. The maximum atomic E-state index is 12.3. The van der Waals surface area contributed by atoms with Gasteiger partial charge in [0.2, 0.25) is 6.10 Å². The second-order valence-electron chi connectivity index (χ2n) is 5.28. The molecule has 0 fully saturated rings. The summed E-state index contributed by atoms with van der Waals surface area (Å²) in [5.41, 5.74) is 1.33. The lowest BCUT2D eigenvalue weighted by Gasteiger charge is -2.31. The van der Waals surface area contributed by atoms with Gasteiger partial charge in [-0.3, -0.25) is 4.79 Å². The highest BCUT2D eigenvalue weighted by atomic mass is 32.2. The normalized spacial score (nSPS) is 19.3. The number of amides is 1. The fraction of sp³-hybridized carbons (Fsp3) is 0.353. The molecule has 1 amide bonds. The van der Waals surface area contributed by atoms with Gasteiger partial charge < -0.3 is 14.8 Å². The third kappa shape index (κ3) is 4.20. The van der Waals surface area contributed by atoms with Crippen LogP contribution in [0.15, 0.2) is 41.1 Å². The lowest BCUT2D eigenvalue weighted by molar-refractivity contribution is -0.133. The molecule has 4 nitrogen and oxygen atoms in total. The molecule has 0 bridgehead atoms. The monoisotopic (exact) mass is 349 g/mol. The van der Waals surface area contributed by atoms with Crippen molar-refractivity contribution in [2.24, 2.45) is 0 Å². The van der Waals surface area contributed by atoms with Gasteiger partial charge in [0.25, 0.3) is 5.91 Å². The standard InChI is InChI=1S/C17H19NO3S2/c1-12-16(21-15-5-3-2-4-14(15)20-12)17(19)18-7-9-23-11-13-6-8-22-10-13/h2-6,8,10,12,16H,7,9,11H2,1H3,(H,18,19)/t12-,16-/m0/s1. The fourth-order valence-corrected chi connectivity index (χ4v) is 3.90. The lowest BCUT2D eigenvalue weighted by Crippen LogP contribution is -2.49. The summed E-state index contributed by atoms with van der Waals surface area (Å²) in [6.07, 6.45) is -0.907. The number of ether oxygens (including phenoxy) is 2. The number of rotatable bonds is 6. The summed E-state index contributed by atoms with van der Waals surface area (Å²) in [5.74, 6) is 3.04. The molecule has 0 saturated carbocycles. The molecule has 6 heteroatoms. The number of nitrogens with one attached hydrogen (secondary N) is 1. The largest absolute Gasteiger partial charge is 0.482 e. The van der Waals surface area contributed by atoms with Crippen LogP contribution >= 0.6 is 23.1 Å². The van der Waals surface area contributed by atoms with E-state index in [4.69, 9.17) is 9.47 Å². The van der Waals surface area contributed by atoms with E-state index in [1.165, 1.54) is 5.56 Å². The third-order valence-electron chi connectivity index (χ3n) is 3.50. The molecule has 2 heterocycles. The number of carbonyl (C=O) groups excluding carboxylic acids is 1. The van der Waals surface area contributed by atoms with Crippen molar-refractivity contribution in [3.05, 3.63) is 46.7 Å². The van der Waals surface area contributed by atoms with Gasteiger partial charge in [-0.25, -0.2) is 0 Å².